The summed E-state index contributed by atoms with van der Waals surface area (Å²) in [4.78, 5) is 11.9. The van der Waals surface area contributed by atoms with Crippen LogP contribution in [0.25, 0.3) is 0 Å². The molecule has 1 aromatic rings. The molecule has 15 heavy (non-hydrogen) atoms. The Labute approximate surface area is 92.3 Å². The molecule has 0 aliphatic carbocycles. The van der Waals surface area contributed by atoms with Crippen LogP contribution in [0.1, 0.15) is 34.1 Å². The number of rotatable bonds is 3. The molecular formula is C10H12N2O2S. The fraction of sp³-hybridized carbons (Fsp3) is 0.400. The van der Waals surface area contributed by atoms with Crippen LogP contribution in [0.3, 0.4) is 0 Å². The number of hydrogen-bond acceptors (Lipinski definition) is 5. The summed E-state index contributed by atoms with van der Waals surface area (Å²) in [5, 5.41) is 9.31. The molecule has 0 saturated carbocycles. The number of ether oxygens (including phenoxy) is 1. The van der Waals surface area contributed by atoms with Gasteiger partial charge in [0.1, 0.15) is 15.9 Å². The highest BCUT2D eigenvalue weighted by atomic mass is 32.1. The number of anilines is 1. The number of esters is 1. The summed E-state index contributed by atoms with van der Waals surface area (Å²) in [6.45, 7) is 1.98. The van der Waals surface area contributed by atoms with Crippen LogP contribution in [0, 0.1) is 11.3 Å². The Kier molecular flexibility index (Phi) is 3.69. The molecule has 0 aliphatic rings. The second kappa shape index (κ2) is 4.80. The van der Waals surface area contributed by atoms with Crippen molar-refractivity contribution in [2.45, 2.75) is 19.8 Å². The zero-order valence-corrected chi connectivity index (χ0v) is 9.48. The summed E-state index contributed by atoms with van der Waals surface area (Å²) < 4.78 is 4.64. The lowest BCUT2D eigenvalue weighted by Crippen LogP contribution is -2.02. The number of methoxy groups -OCH3 is 1. The lowest BCUT2D eigenvalue weighted by Gasteiger charge is -2.00. The van der Waals surface area contributed by atoms with E-state index in [1.54, 1.807) is 0 Å². The van der Waals surface area contributed by atoms with Crippen molar-refractivity contribution >= 4 is 22.3 Å². The van der Waals surface area contributed by atoms with Crippen LogP contribution in [0.15, 0.2) is 0 Å². The number of nitrogen functional groups attached to an aromatic ring is 1. The standard InChI is InChI=1S/C10H12N2O2S/c1-3-4-6-7(5-11)9(12)15-8(6)10(13)14-2/h3-4,12H2,1-2H3. The van der Waals surface area contributed by atoms with Gasteiger partial charge in [0.15, 0.2) is 0 Å². The first-order valence-electron chi connectivity index (χ1n) is 4.55. The van der Waals surface area contributed by atoms with Crippen molar-refractivity contribution in [1.29, 1.82) is 5.26 Å². The van der Waals surface area contributed by atoms with Crippen molar-refractivity contribution in [3.05, 3.63) is 16.0 Å². The van der Waals surface area contributed by atoms with Gasteiger partial charge in [-0.1, -0.05) is 13.3 Å². The van der Waals surface area contributed by atoms with Gasteiger partial charge in [-0.3, -0.25) is 0 Å². The summed E-state index contributed by atoms with van der Waals surface area (Å²) in [7, 11) is 1.32. The van der Waals surface area contributed by atoms with Gasteiger partial charge in [-0.05, 0) is 12.0 Å². The Bertz CT molecular complexity index is 418. The van der Waals surface area contributed by atoms with Crippen molar-refractivity contribution in [1.82, 2.24) is 0 Å². The summed E-state index contributed by atoms with van der Waals surface area (Å²) >= 11 is 1.12. The number of carbonyl (C=O) groups is 1. The monoisotopic (exact) mass is 224 g/mol. The molecule has 0 bridgehead atoms. The molecule has 0 radical (unpaired) electrons. The van der Waals surface area contributed by atoms with E-state index in [1.165, 1.54) is 7.11 Å². The molecule has 0 unspecified atom stereocenters. The van der Waals surface area contributed by atoms with Gasteiger partial charge in [0.25, 0.3) is 0 Å². The van der Waals surface area contributed by atoms with E-state index < -0.39 is 5.97 Å². The highest BCUT2D eigenvalue weighted by Gasteiger charge is 2.21. The van der Waals surface area contributed by atoms with Crippen molar-refractivity contribution in [2.24, 2.45) is 0 Å². The van der Waals surface area contributed by atoms with E-state index in [9.17, 15) is 4.79 Å². The first-order chi connectivity index (χ1) is 7.15. The van der Waals surface area contributed by atoms with E-state index in [-0.39, 0.29) is 0 Å². The molecule has 1 aromatic heterocycles. The number of thiophene rings is 1. The summed E-state index contributed by atoms with van der Waals surface area (Å²) in [6, 6.07) is 2.03. The lowest BCUT2D eigenvalue weighted by molar-refractivity contribution is 0.0605. The smallest absolute Gasteiger partial charge is 0.348 e. The third-order valence-electron chi connectivity index (χ3n) is 2.02. The van der Waals surface area contributed by atoms with Crippen molar-refractivity contribution < 1.29 is 9.53 Å². The molecule has 0 saturated heterocycles. The number of hydrogen-bond donors (Lipinski definition) is 1. The Morgan fingerprint density at radius 3 is 2.80 bits per heavy atom. The van der Waals surface area contributed by atoms with E-state index in [4.69, 9.17) is 11.0 Å². The largest absolute Gasteiger partial charge is 0.465 e. The molecule has 0 amide bonds. The fourth-order valence-electron chi connectivity index (χ4n) is 1.35. The van der Waals surface area contributed by atoms with Crippen LogP contribution in [-0.4, -0.2) is 13.1 Å². The van der Waals surface area contributed by atoms with E-state index in [0.29, 0.717) is 27.4 Å². The van der Waals surface area contributed by atoms with Crippen molar-refractivity contribution in [3.63, 3.8) is 0 Å². The molecule has 0 aromatic carbocycles. The molecule has 4 nitrogen and oxygen atoms in total. The molecule has 1 heterocycles. The summed E-state index contributed by atoms with van der Waals surface area (Å²) in [6.07, 6.45) is 1.52. The maximum Gasteiger partial charge on any atom is 0.348 e. The molecule has 5 heteroatoms. The normalized spacial score (nSPS) is 9.67. The molecule has 80 valence electrons. The molecule has 0 fully saturated rings. The molecular weight excluding hydrogens is 212 g/mol. The van der Waals surface area contributed by atoms with Crippen LogP contribution >= 0.6 is 11.3 Å². The Hall–Kier alpha value is -1.54. The van der Waals surface area contributed by atoms with E-state index in [2.05, 4.69) is 4.74 Å². The fourth-order valence-corrected chi connectivity index (χ4v) is 2.34. The van der Waals surface area contributed by atoms with Crippen molar-refractivity contribution in [2.75, 3.05) is 12.8 Å². The van der Waals surface area contributed by atoms with Crippen LogP contribution in [-0.2, 0) is 11.2 Å². The number of nitrogens with two attached hydrogens (primary N) is 1. The van der Waals surface area contributed by atoms with E-state index in [0.717, 1.165) is 17.8 Å². The van der Waals surface area contributed by atoms with E-state index >= 15 is 0 Å². The van der Waals surface area contributed by atoms with Gasteiger partial charge in [0.05, 0.1) is 12.7 Å². The SMILES string of the molecule is CCCc1c(C(=O)OC)sc(N)c1C#N. The predicted molar refractivity (Wildman–Crippen MR) is 58.8 cm³/mol. The Morgan fingerprint density at radius 2 is 2.33 bits per heavy atom. The number of carbonyl (C=O) groups excluding carboxylic acids is 1. The van der Waals surface area contributed by atoms with Crippen molar-refractivity contribution in [3.8, 4) is 6.07 Å². The molecule has 2 N–H and O–H groups in total. The second-order valence-corrected chi connectivity index (χ2v) is 4.05. The maximum atomic E-state index is 11.4. The minimum absolute atomic E-state index is 0.390. The topological polar surface area (TPSA) is 76.1 Å². The average molecular weight is 224 g/mol. The average Bonchev–Trinajstić information content (AvgIpc) is 2.54. The highest BCUT2D eigenvalue weighted by molar-refractivity contribution is 7.18. The van der Waals surface area contributed by atoms with E-state index in [1.807, 2.05) is 13.0 Å². The molecule has 0 spiro atoms. The quantitative estimate of drug-likeness (QED) is 0.796. The maximum absolute atomic E-state index is 11.4. The Morgan fingerprint density at radius 1 is 1.67 bits per heavy atom. The third-order valence-corrected chi connectivity index (χ3v) is 3.06. The van der Waals surface area contributed by atoms with Crippen LogP contribution in [0.5, 0.6) is 0 Å². The highest BCUT2D eigenvalue weighted by Crippen LogP contribution is 2.31. The van der Waals surface area contributed by atoms with Gasteiger partial charge in [-0.15, -0.1) is 11.3 Å². The first kappa shape index (κ1) is 11.5. The summed E-state index contributed by atoms with van der Waals surface area (Å²) in [5.74, 6) is -0.420. The lowest BCUT2D eigenvalue weighted by atomic mass is 10.1. The number of nitriles is 1. The van der Waals surface area contributed by atoms with Gasteiger partial charge in [-0.2, -0.15) is 5.26 Å². The van der Waals surface area contributed by atoms with Crippen LogP contribution in [0.2, 0.25) is 0 Å². The third kappa shape index (κ3) is 2.10. The number of nitrogens with zero attached hydrogens (tertiary/aromatic N) is 1. The van der Waals surface area contributed by atoms with Crippen LogP contribution in [0.4, 0.5) is 5.00 Å². The predicted octanol–water partition coefficient (Wildman–Crippen LogP) is 1.94. The zero-order valence-electron chi connectivity index (χ0n) is 8.66. The molecule has 0 atom stereocenters. The summed E-state index contributed by atoms with van der Waals surface area (Å²) in [5.41, 5.74) is 6.80. The zero-order chi connectivity index (χ0) is 11.4. The van der Waals surface area contributed by atoms with Gasteiger partial charge >= 0.3 is 5.97 Å². The molecule has 0 aliphatic heterocycles. The Balaban J connectivity index is 3.28. The minimum Gasteiger partial charge on any atom is -0.465 e. The van der Waals surface area contributed by atoms with Gasteiger partial charge in [-0.25, -0.2) is 4.79 Å². The van der Waals surface area contributed by atoms with Gasteiger partial charge < -0.3 is 10.5 Å². The van der Waals surface area contributed by atoms with Gasteiger partial charge in [0.2, 0.25) is 0 Å². The second-order valence-electron chi connectivity index (χ2n) is 3.00. The van der Waals surface area contributed by atoms with Gasteiger partial charge in [0, 0.05) is 0 Å². The first-order valence-corrected chi connectivity index (χ1v) is 5.36. The minimum atomic E-state index is -0.420. The molecule has 1 rings (SSSR count). The van der Waals surface area contributed by atoms with Crippen LogP contribution < -0.4 is 5.73 Å².